The van der Waals surface area contributed by atoms with Gasteiger partial charge in [0.05, 0.1) is 27.0 Å². The molecule has 2 unspecified atom stereocenters. The molecule has 41 heavy (non-hydrogen) atoms. The third-order valence-electron chi connectivity index (χ3n) is 8.27. The minimum atomic E-state index is -0.353. The molecule has 210 valence electrons. The van der Waals surface area contributed by atoms with Crippen molar-refractivity contribution in [3.63, 3.8) is 0 Å². The topological polar surface area (TPSA) is 49.4 Å². The maximum Gasteiger partial charge on any atom is 0.161 e. The number of ether oxygens (including phenoxy) is 5. The minimum Gasteiger partial charge on any atom is -0.498 e. The molecular formula is C35H35NO5. The molecule has 0 saturated heterocycles. The first kappa shape index (κ1) is 26.9. The fraction of sp³-hybridized carbons (Fsp3) is 0.257. The van der Waals surface area contributed by atoms with Crippen molar-refractivity contribution >= 4 is 22.0 Å². The molecule has 0 N–H and O–H groups in total. The monoisotopic (exact) mass is 549 g/mol. The number of hydrogen-bond donors (Lipinski definition) is 0. The van der Waals surface area contributed by atoms with E-state index in [-0.39, 0.29) is 12.3 Å². The zero-order chi connectivity index (χ0) is 28.7. The molecule has 1 heterocycles. The van der Waals surface area contributed by atoms with Crippen LogP contribution in [0, 0.1) is 0 Å². The summed E-state index contributed by atoms with van der Waals surface area (Å²) in [5.41, 5.74) is 8.87. The summed E-state index contributed by atoms with van der Waals surface area (Å²) in [6, 6.07) is 25.6. The number of methoxy groups -OCH3 is 5. The fourth-order valence-electron chi connectivity index (χ4n) is 6.32. The van der Waals surface area contributed by atoms with E-state index in [1.807, 2.05) is 6.07 Å². The summed E-state index contributed by atoms with van der Waals surface area (Å²) in [6.07, 6.45) is 2.44. The molecule has 0 spiro atoms. The molecule has 4 aromatic carbocycles. The van der Waals surface area contributed by atoms with Crippen molar-refractivity contribution in [2.45, 2.75) is 18.8 Å². The summed E-state index contributed by atoms with van der Waals surface area (Å²) in [5.74, 6) is 2.17. The maximum absolute atomic E-state index is 6.11. The Labute approximate surface area is 241 Å². The van der Waals surface area contributed by atoms with Crippen molar-refractivity contribution in [1.29, 1.82) is 0 Å². The summed E-state index contributed by atoms with van der Waals surface area (Å²) in [7, 11) is 10.6. The van der Waals surface area contributed by atoms with Crippen LogP contribution in [0.25, 0.3) is 38.6 Å². The van der Waals surface area contributed by atoms with Crippen molar-refractivity contribution in [1.82, 2.24) is 0 Å². The molecule has 0 bridgehead atoms. The van der Waals surface area contributed by atoms with Gasteiger partial charge in [-0.15, -0.1) is 0 Å². The van der Waals surface area contributed by atoms with Crippen molar-refractivity contribution in [2.75, 3.05) is 47.5 Å². The molecule has 6 nitrogen and oxygen atoms in total. The Morgan fingerprint density at radius 3 is 1.90 bits per heavy atom. The van der Waals surface area contributed by atoms with E-state index in [0.717, 1.165) is 50.1 Å². The predicted molar refractivity (Wildman–Crippen MR) is 165 cm³/mol. The van der Waals surface area contributed by atoms with Crippen LogP contribution in [0.5, 0.6) is 11.5 Å². The Balaban J connectivity index is 1.64. The van der Waals surface area contributed by atoms with Gasteiger partial charge in [0.1, 0.15) is 11.9 Å². The Morgan fingerprint density at radius 2 is 1.29 bits per heavy atom. The van der Waals surface area contributed by atoms with E-state index < -0.39 is 0 Å². The molecule has 0 aromatic heterocycles. The third-order valence-corrected chi connectivity index (χ3v) is 8.27. The molecule has 0 saturated carbocycles. The minimum absolute atomic E-state index is 0.166. The largest absolute Gasteiger partial charge is 0.498 e. The van der Waals surface area contributed by atoms with Gasteiger partial charge in [0.2, 0.25) is 0 Å². The normalized spacial score (nSPS) is 18.1. The van der Waals surface area contributed by atoms with Crippen LogP contribution >= 0.6 is 0 Å². The van der Waals surface area contributed by atoms with Crippen LogP contribution in [0.1, 0.15) is 12.0 Å². The molecule has 2 atom stereocenters. The molecule has 0 amide bonds. The molecule has 0 radical (unpaired) electrons. The van der Waals surface area contributed by atoms with Gasteiger partial charge in [-0.25, -0.2) is 0 Å². The highest BCUT2D eigenvalue weighted by Gasteiger charge is 2.40. The van der Waals surface area contributed by atoms with E-state index in [1.165, 1.54) is 11.1 Å². The van der Waals surface area contributed by atoms with Crippen LogP contribution in [0.4, 0.5) is 5.69 Å². The summed E-state index contributed by atoms with van der Waals surface area (Å²) in [6.45, 7) is 0. The first-order chi connectivity index (χ1) is 20.0. The van der Waals surface area contributed by atoms with E-state index in [9.17, 15) is 0 Å². The van der Waals surface area contributed by atoms with Crippen molar-refractivity contribution in [3.05, 3.63) is 95.8 Å². The van der Waals surface area contributed by atoms with Crippen LogP contribution in [0.3, 0.4) is 0 Å². The average Bonchev–Trinajstić information content (AvgIpc) is 3.03. The number of likely N-dealkylation sites (N-methyl/N-ethyl adjacent to an activating group) is 1. The van der Waals surface area contributed by atoms with Gasteiger partial charge in [0.15, 0.2) is 17.7 Å². The first-order valence-electron chi connectivity index (χ1n) is 13.7. The van der Waals surface area contributed by atoms with Gasteiger partial charge < -0.3 is 28.6 Å². The summed E-state index contributed by atoms with van der Waals surface area (Å²) >= 11 is 0. The standard InChI is InChI=1S/C35H35NO5/c1-36-33-27(24-16-17-29(37-2)34(40-5)32(24)35(36)41-6)18-25(26-19-30(38-3)31(39-4)20-28(26)33)23-14-12-22(13-15-23)21-10-8-7-9-11-21/h7-16,18-20,29,35H,17H2,1-6H3. The number of hydrogen-bond acceptors (Lipinski definition) is 6. The van der Waals surface area contributed by atoms with E-state index in [2.05, 4.69) is 84.8 Å². The maximum atomic E-state index is 6.11. The van der Waals surface area contributed by atoms with Gasteiger partial charge in [-0.05, 0) is 57.8 Å². The first-order valence-corrected chi connectivity index (χ1v) is 13.7. The molecule has 0 fully saturated rings. The predicted octanol–water partition coefficient (Wildman–Crippen LogP) is 7.32. The van der Waals surface area contributed by atoms with E-state index >= 15 is 0 Å². The molecule has 6 heteroatoms. The van der Waals surface area contributed by atoms with Gasteiger partial charge in [-0.3, -0.25) is 0 Å². The van der Waals surface area contributed by atoms with E-state index in [0.29, 0.717) is 17.9 Å². The zero-order valence-electron chi connectivity index (χ0n) is 24.4. The van der Waals surface area contributed by atoms with Crippen LogP contribution in [-0.4, -0.2) is 54.9 Å². The lowest BCUT2D eigenvalue weighted by molar-refractivity contribution is 0.0676. The van der Waals surface area contributed by atoms with E-state index in [1.54, 1.807) is 35.5 Å². The van der Waals surface area contributed by atoms with Crippen LogP contribution in [0.2, 0.25) is 0 Å². The summed E-state index contributed by atoms with van der Waals surface area (Å²) < 4.78 is 29.4. The van der Waals surface area contributed by atoms with Crippen LogP contribution < -0.4 is 14.4 Å². The van der Waals surface area contributed by atoms with Crippen LogP contribution in [-0.2, 0) is 14.2 Å². The molecule has 2 aliphatic rings. The Bertz CT molecular complexity index is 1660. The lowest BCUT2D eigenvalue weighted by Crippen LogP contribution is -2.42. The second-order valence-electron chi connectivity index (χ2n) is 10.3. The van der Waals surface area contributed by atoms with Crippen LogP contribution in [0.15, 0.2) is 90.2 Å². The molecular weight excluding hydrogens is 514 g/mol. The SMILES string of the molecule is COC1=C2C(=CCC1OC)c1cc(-c3ccc(-c4ccccc4)cc3)c3cc(OC)c(OC)cc3c1N(C)C2OC. The van der Waals surface area contributed by atoms with Gasteiger partial charge in [-0.2, -0.15) is 0 Å². The van der Waals surface area contributed by atoms with Gasteiger partial charge in [0, 0.05) is 37.8 Å². The molecule has 4 aromatic rings. The van der Waals surface area contributed by atoms with E-state index in [4.69, 9.17) is 23.7 Å². The zero-order valence-corrected chi connectivity index (χ0v) is 24.4. The highest BCUT2D eigenvalue weighted by Crippen LogP contribution is 2.52. The highest BCUT2D eigenvalue weighted by atomic mass is 16.5. The van der Waals surface area contributed by atoms with Gasteiger partial charge in [-0.1, -0.05) is 60.7 Å². The Kier molecular flexibility index (Phi) is 7.20. The highest BCUT2D eigenvalue weighted by molar-refractivity contribution is 6.11. The van der Waals surface area contributed by atoms with Gasteiger partial charge in [0.25, 0.3) is 0 Å². The second kappa shape index (κ2) is 11.0. The molecule has 1 aliphatic carbocycles. The molecule has 1 aliphatic heterocycles. The average molecular weight is 550 g/mol. The number of fused-ring (bicyclic) bond motifs is 5. The lowest BCUT2D eigenvalue weighted by Gasteiger charge is -2.42. The van der Waals surface area contributed by atoms with Crippen molar-refractivity contribution in [3.8, 4) is 33.8 Å². The third kappa shape index (κ3) is 4.35. The number of benzene rings is 4. The van der Waals surface area contributed by atoms with Crippen molar-refractivity contribution in [2.24, 2.45) is 0 Å². The Hall–Kier alpha value is -4.26. The fourth-order valence-corrected chi connectivity index (χ4v) is 6.32. The van der Waals surface area contributed by atoms with Gasteiger partial charge >= 0.3 is 0 Å². The summed E-state index contributed by atoms with van der Waals surface area (Å²) in [5, 5.41) is 2.13. The molecule has 6 rings (SSSR count). The number of anilines is 1. The number of nitrogens with zero attached hydrogens (tertiary/aromatic N) is 1. The quantitative estimate of drug-likeness (QED) is 0.241. The lowest BCUT2D eigenvalue weighted by atomic mass is 9.80. The Morgan fingerprint density at radius 1 is 0.659 bits per heavy atom. The second-order valence-corrected chi connectivity index (χ2v) is 10.3. The van der Waals surface area contributed by atoms with Crippen molar-refractivity contribution < 1.29 is 23.7 Å². The number of rotatable bonds is 7. The smallest absolute Gasteiger partial charge is 0.161 e. The summed E-state index contributed by atoms with van der Waals surface area (Å²) in [4.78, 5) is 2.18.